The van der Waals surface area contributed by atoms with Gasteiger partial charge >= 0.3 is 0 Å². The Hall–Kier alpha value is -0.810. The van der Waals surface area contributed by atoms with Crippen molar-refractivity contribution in [3.8, 4) is 0 Å². The zero-order chi connectivity index (χ0) is 13.8. The molecule has 4 nitrogen and oxygen atoms in total. The summed E-state index contributed by atoms with van der Waals surface area (Å²) in [6, 6.07) is 0.697. The first-order chi connectivity index (χ1) is 9.10. The quantitative estimate of drug-likeness (QED) is 0.641. The lowest BCUT2D eigenvalue weighted by Crippen LogP contribution is -2.23. The highest BCUT2D eigenvalue weighted by atomic mass is 32.2. The Labute approximate surface area is 120 Å². The lowest BCUT2D eigenvalue weighted by Gasteiger charge is -2.19. The smallest absolute Gasteiger partial charge is 0.189 e. The molecule has 0 spiro atoms. The summed E-state index contributed by atoms with van der Waals surface area (Å²) in [5, 5.41) is 4.45. The molecule has 1 aliphatic rings. The van der Waals surface area contributed by atoms with Crippen LogP contribution in [0.25, 0.3) is 0 Å². The average molecular weight is 280 g/mol. The van der Waals surface area contributed by atoms with Gasteiger partial charge in [0.25, 0.3) is 0 Å². The molecule has 0 saturated heterocycles. The van der Waals surface area contributed by atoms with E-state index in [0.29, 0.717) is 6.04 Å². The number of nitrogens with two attached hydrogens (primary N) is 1. The fourth-order valence-corrected chi connectivity index (χ4v) is 3.02. The van der Waals surface area contributed by atoms with Crippen LogP contribution in [0.2, 0.25) is 0 Å². The van der Waals surface area contributed by atoms with Gasteiger partial charge in [-0.3, -0.25) is 0 Å². The van der Waals surface area contributed by atoms with E-state index in [9.17, 15) is 0 Å². The van der Waals surface area contributed by atoms with Crippen molar-refractivity contribution in [2.45, 2.75) is 63.2 Å². The minimum Gasteiger partial charge on any atom is -0.367 e. The predicted molar refractivity (Wildman–Crippen MR) is 81.8 cm³/mol. The largest absolute Gasteiger partial charge is 0.367 e. The summed E-state index contributed by atoms with van der Waals surface area (Å²) >= 11 is 1.59. The van der Waals surface area contributed by atoms with Gasteiger partial charge in [-0.2, -0.15) is 0 Å². The maximum Gasteiger partial charge on any atom is 0.189 e. The van der Waals surface area contributed by atoms with Crippen LogP contribution in [-0.4, -0.2) is 28.3 Å². The molecule has 1 atom stereocenters. The first-order valence-electron chi connectivity index (χ1n) is 7.03. The van der Waals surface area contributed by atoms with Crippen LogP contribution in [0.5, 0.6) is 0 Å². The van der Waals surface area contributed by atoms with Gasteiger partial charge in [0.1, 0.15) is 5.82 Å². The molecule has 1 saturated carbocycles. The van der Waals surface area contributed by atoms with Crippen LogP contribution >= 0.6 is 11.8 Å². The zero-order valence-corrected chi connectivity index (χ0v) is 12.9. The molecular formula is C14H24N4S. The number of nitrogens with one attached hydrogen (secondary N) is 1. The molecule has 5 heteroatoms. The first kappa shape index (κ1) is 14.6. The molecule has 1 aromatic rings. The van der Waals surface area contributed by atoms with Gasteiger partial charge in [-0.25, -0.2) is 9.97 Å². The summed E-state index contributed by atoms with van der Waals surface area (Å²) in [4.78, 5) is 9.19. The molecule has 2 rings (SSSR count). The SMILES string of the molecule is CSc1nc(C)c(CC(C)N)c(NC2CCCC2)n1. The van der Waals surface area contributed by atoms with E-state index in [0.717, 1.165) is 23.1 Å². The first-order valence-corrected chi connectivity index (χ1v) is 8.26. The number of rotatable bonds is 5. The van der Waals surface area contributed by atoms with E-state index < -0.39 is 0 Å². The van der Waals surface area contributed by atoms with Crippen LogP contribution in [0.4, 0.5) is 5.82 Å². The van der Waals surface area contributed by atoms with Crippen molar-refractivity contribution in [3.63, 3.8) is 0 Å². The van der Waals surface area contributed by atoms with E-state index in [4.69, 9.17) is 5.73 Å². The molecule has 19 heavy (non-hydrogen) atoms. The maximum atomic E-state index is 5.95. The number of anilines is 1. The standard InChI is InChI=1S/C14H24N4S/c1-9(15)8-12-10(2)16-14(19-3)18-13(12)17-11-6-4-5-7-11/h9,11H,4-8,15H2,1-3H3,(H,16,17,18). The van der Waals surface area contributed by atoms with Crippen LogP contribution in [-0.2, 0) is 6.42 Å². The van der Waals surface area contributed by atoms with Crippen molar-refractivity contribution in [1.82, 2.24) is 9.97 Å². The highest BCUT2D eigenvalue weighted by Crippen LogP contribution is 2.26. The fourth-order valence-electron chi connectivity index (χ4n) is 2.61. The molecule has 1 heterocycles. The van der Waals surface area contributed by atoms with Crippen molar-refractivity contribution in [1.29, 1.82) is 0 Å². The summed E-state index contributed by atoms with van der Waals surface area (Å²) in [7, 11) is 0. The molecule has 106 valence electrons. The van der Waals surface area contributed by atoms with Crippen molar-refractivity contribution >= 4 is 17.6 Å². The number of aryl methyl sites for hydroxylation is 1. The molecular weight excluding hydrogens is 256 g/mol. The van der Waals surface area contributed by atoms with Gasteiger partial charge < -0.3 is 11.1 Å². The van der Waals surface area contributed by atoms with E-state index >= 15 is 0 Å². The summed E-state index contributed by atoms with van der Waals surface area (Å²) < 4.78 is 0. The Morgan fingerprint density at radius 3 is 2.63 bits per heavy atom. The second-order valence-corrected chi connectivity index (χ2v) is 6.20. The summed E-state index contributed by atoms with van der Waals surface area (Å²) in [5.74, 6) is 1.00. The zero-order valence-electron chi connectivity index (χ0n) is 12.1. The van der Waals surface area contributed by atoms with Gasteiger partial charge in [0.2, 0.25) is 0 Å². The van der Waals surface area contributed by atoms with Gasteiger partial charge in [0.15, 0.2) is 5.16 Å². The van der Waals surface area contributed by atoms with Crippen molar-refractivity contribution in [3.05, 3.63) is 11.3 Å². The summed E-state index contributed by atoms with van der Waals surface area (Å²) in [6.07, 6.45) is 7.97. The number of nitrogens with zero attached hydrogens (tertiary/aromatic N) is 2. The number of aromatic nitrogens is 2. The Balaban J connectivity index is 2.27. The third kappa shape index (κ3) is 3.83. The van der Waals surface area contributed by atoms with Crippen molar-refractivity contribution in [2.24, 2.45) is 5.73 Å². The van der Waals surface area contributed by atoms with E-state index in [2.05, 4.69) is 22.2 Å². The Bertz CT molecular complexity index is 428. The number of hydrogen-bond donors (Lipinski definition) is 2. The molecule has 0 bridgehead atoms. The van der Waals surface area contributed by atoms with E-state index in [1.54, 1.807) is 11.8 Å². The molecule has 1 aliphatic carbocycles. The van der Waals surface area contributed by atoms with Gasteiger partial charge in [0, 0.05) is 23.3 Å². The topological polar surface area (TPSA) is 63.8 Å². The molecule has 0 radical (unpaired) electrons. The minimum absolute atomic E-state index is 0.131. The van der Waals surface area contributed by atoms with Crippen LogP contribution in [0, 0.1) is 6.92 Å². The van der Waals surface area contributed by atoms with Crippen LogP contribution in [0.15, 0.2) is 5.16 Å². The minimum atomic E-state index is 0.131. The van der Waals surface area contributed by atoms with Gasteiger partial charge in [-0.05, 0) is 39.4 Å². The van der Waals surface area contributed by atoms with Crippen molar-refractivity contribution < 1.29 is 0 Å². The molecule has 0 aliphatic heterocycles. The molecule has 0 aromatic carbocycles. The number of hydrogen-bond acceptors (Lipinski definition) is 5. The maximum absolute atomic E-state index is 5.95. The monoisotopic (exact) mass is 280 g/mol. The van der Waals surface area contributed by atoms with Gasteiger partial charge in [0.05, 0.1) is 0 Å². The third-order valence-corrected chi connectivity index (χ3v) is 4.15. The highest BCUT2D eigenvalue weighted by Gasteiger charge is 2.19. The lowest BCUT2D eigenvalue weighted by atomic mass is 10.1. The Morgan fingerprint density at radius 2 is 2.05 bits per heavy atom. The van der Waals surface area contributed by atoms with E-state index in [1.165, 1.54) is 31.2 Å². The Kier molecular flexibility index (Phi) is 5.05. The molecule has 0 amide bonds. The molecule has 1 unspecified atom stereocenters. The average Bonchev–Trinajstić information content (AvgIpc) is 2.85. The van der Waals surface area contributed by atoms with Gasteiger partial charge in [-0.1, -0.05) is 24.6 Å². The van der Waals surface area contributed by atoms with E-state index in [-0.39, 0.29) is 6.04 Å². The molecule has 1 fully saturated rings. The highest BCUT2D eigenvalue weighted by molar-refractivity contribution is 7.98. The second-order valence-electron chi connectivity index (χ2n) is 5.43. The fraction of sp³-hybridized carbons (Fsp3) is 0.714. The second kappa shape index (κ2) is 6.57. The lowest BCUT2D eigenvalue weighted by molar-refractivity contribution is 0.705. The van der Waals surface area contributed by atoms with E-state index in [1.807, 2.05) is 13.2 Å². The summed E-state index contributed by atoms with van der Waals surface area (Å²) in [5.41, 5.74) is 8.19. The number of thioether (sulfide) groups is 1. The normalized spacial score (nSPS) is 17.7. The molecule has 3 N–H and O–H groups in total. The van der Waals surface area contributed by atoms with Gasteiger partial charge in [-0.15, -0.1) is 0 Å². The Morgan fingerprint density at radius 1 is 1.37 bits per heavy atom. The molecule has 1 aromatic heterocycles. The van der Waals surface area contributed by atoms with Crippen LogP contribution in [0.3, 0.4) is 0 Å². The predicted octanol–water partition coefficient (Wildman–Crippen LogP) is 2.75. The van der Waals surface area contributed by atoms with Crippen molar-refractivity contribution in [2.75, 3.05) is 11.6 Å². The van der Waals surface area contributed by atoms with Crippen LogP contribution in [0.1, 0.15) is 43.9 Å². The van der Waals surface area contributed by atoms with Crippen LogP contribution < -0.4 is 11.1 Å². The summed E-state index contributed by atoms with van der Waals surface area (Å²) in [6.45, 7) is 4.08. The third-order valence-electron chi connectivity index (χ3n) is 3.60.